The zero-order valence-corrected chi connectivity index (χ0v) is 19.5. The fraction of sp³-hybridized carbons (Fsp3) is 0.391. The number of hydrogen-bond donors (Lipinski definition) is 3. The Hall–Kier alpha value is -3.14. The van der Waals surface area contributed by atoms with Gasteiger partial charge < -0.3 is 15.5 Å². The van der Waals surface area contributed by atoms with E-state index in [1.54, 1.807) is 6.07 Å². The highest BCUT2D eigenvalue weighted by atomic mass is 32.2. The van der Waals surface area contributed by atoms with E-state index in [1.807, 2.05) is 0 Å². The first kappa shape index (κ1) is 26.5. The smallest absolute Gasteiger partial charge is 0.417 e. The van der Waals surface area contributed by atoms with Crippen LogP contribution in [0.15, 0.2) is 42.5 Å². The molecule has 1 atom stereocenters. The van der Waals surface area contributed by atoms with Gasteiger partial charge in [-0.1, -0.05) is 12.1 Å². The SMILES string of the molecule is CS(=O)(=O)N1CCC(C(O)(Cc2cccc(O)c2)C(=O)Nc2ccc(C#N)c(C(F)(F)F)c2)CC1. The summed E-state index contributed by atoms with van der Waals surface area (Å²) in [6, 6.07) is 10.00. The van der Waals surface area contributed by atoms with Crippen LogP contribution in [0.4, 0.5) is 18.9 Å². The maximum absolute atomic E-state index is 13.3. The fourth-order valence-corrected chi connectivity index (χ4v) is 5.12. The predicted molar refractivity (Wildman–Crippen MR) is 121 cm³/mol. The third kappa shape index (κ3) is 6.11. The fourth-order valence-electron chi connectivity index (χ4n) is 4.25. The Morgan fingerprint density at radius 2 is 1.86 bits per heavy atom. The van der Waals surface area contributed by atoms with Crippen LogP contribution in [-0.4, -0.2) is 53.8 Å². The van der Waals surface area contributed by atoms with E-state index in [1.165, 1.54) is 28.6 Å². The van der Waals surface area contributed by atoms with Crippen LogP contribution in [-0.2, 0) is 27.4 Å². The number of nitriles is 1. The third-order valence-electron chi connectivity index (χ3n) is 6.08. The Bertz CT molecular complexity index is 1250. The molecule has 2 aromatic carbocycles. The number of phenolic OH excluding ortho intramolecular Hbond substituents is 1. The van der Waals surface area contributed by atoms with Crippen LogP contribution in [0.2, 0.25) is 0 Å². The first-order valence-electron chi connectivity index (χ1n) is 10.6. The van der Waals surface area contributed by atoms with Crippen molar-refractivity contribution < 1.29 is 36.6 Å². The van der Waals surface area contributed by atoms with Crippen LogP contribution in [0.1, 0.15) is 29.5 Å². The number of alkyl halides is 3. The molecule has 1 aliphatic rings. The highest BCUT2D eigenvalue weighted by Crippen LogP contribution is 2.36. The quantitative estimate of drug-likeness (QED) is 0.547. The number of nitrogens with one attached hydrogen (secondary N) is 1. The van der Waals surface area contributed by atoms with Crippen LogP contribution in [0.5, 0.6) is 5.75 Å². The molecular formula is C23H24F3N3O5S. The number of aromatic hydroxyl groups is 1. The summed E-state index contributed by atoms with van der Waals surface area (Å²) in [7, 11) is -3.47. The molecule has 1 heterocycles. The van der Waals surface area contributed by atoms with Crippen molar-refractivity contribution in [2.75, 3.05) is 24.7 Å². The van der Waals surface area contributed by atoms with E-state index >= 15 is 0 Å². The minimum absolute atomic E-state index is 0.0637. The number of phenols is 1. The van der Waals surface area contributed by atoms with Gasteiger partial charge in [-0.15, -0.1) is 0 Å². The van der Waals surface area contributed by atoms with Gasteiger partial charge in [0.2, 0.25) is 10.0 Å². The van der Waals surface area contributed by atoms with Crippen molar-refractivity contribution >= 4 is 21.6 Å². The monoisotopic (exact) mass is 511 g/mol. The first-order valence-corrected chi connectivity index (χ1v) is 12.5. The average molecular weight is 512 g/mol. The molecule has 1 unspecified atom stereocenters. The van der Waals surface area contributed by atoms with E-state index in [9.17, 15) is 36.6 Å². The van der Waals surface area contributed by atoms with Gasteiger partial charge in [-0.2, -0.15) is 18.4 Å². The molecule has 0 saturated carbocycles. The molecule has 0 aromatic heterocycles. The number of hydrogen-bond acceptors (Lipinski definition) is 6. The summed E-state index contributed by atoms with van der Waals surface area (Å²) in [5.74, 6) is -1.79. The van der Waals surface area contributed by atoms with Crippen LogP contribution in [0, 0.1) is 17.2 Å². The Morgan fingerprint density at radius 3 is 2.40 bits per heavy atom. The molecule has 3 N–H and O–H groups in total. The zero-order chi connectivity index (χ0) is 26.0. The van der Waals surface area contributed by atoms with Crippen molar-refractivity contribution in [1.82, 2.24) is 4.31 Å². The van der Waals surface area contributed by atoms with Crippen molar-refractivity contribution in [1.29, 1.82) is 5.26 Å². The number of amides is 1. The third-order valence-corrected chi connectivity index (χ3v) is 7.38. The summed E-state index contributed by atoms with van der Waals surface area (Å²) >= 11 is 0. The summed E-state index contributed by atoms with van der Waals surface area (Å²) < 4.78 is 65.0. The molecule has 0 aliphatic carbocycles. The second kappa shape index (κ2) is 9.85. The van der Waals surface area contributed by atoms with Gasteiger partial charge in [0.15, 0.2) is 0 Å². The summed E-state index contributed by atoms with van der Waals surface area (Å²) in [6.45, 7) is 0.127. The molecule has 1 saturated heterocycles. The standard InChI is InChI=1S/C23H24F3N3O5S/c1-35(33,34)29-9-7-17(8-10-29)22(32,13-15-3-2-4-19(30)11-15)21(31)28-18-6-5-16(14-27)20(12-18)23(24,25)26/h2-6,11-12,17,30,32H,7-10,13H2,1H3,(H,28,31). The van der Waals surface area contributed by atoms with Crippen molar-refractivity contribution in [3.05, 3.63) is 59.2 Å². The van der Waals surface area contributed by atoms with E-state index in [0.29, 0.717) is 11.6 Å². The minimum Gasteiger partial charge on any atom is -0.508 e. The van der Waals surface area contributed by atoms with Crippen molar-refractivity contribution in [2.45, 2.75) is 31.0 Å². The molecule has 0 radical (unpaired) electrons. The molecule has 188 valence electrons. The maximum Gasteiger partial charge on any atom is 0.417 e. The number of rotatable bonds is 6. The number of piperidine rings is 1. The van der Waals surface area contributed by atoms with Crippen molar-refractivity contribution in [2.24, 2.45) is 5.92 Å². The molecule has 0 spiro atoms. The van der Waals surface area contributed by atoms with Crippen LogP contribution in [0.25, 0.3) is 0 Å². The molecule has 2 aromatic rings. The molecule has 0 bridgehead atoms. The lowest BCUT2D eigenvalue weighted by Crippen LogP contribution is -2.54. The van der Waals surface area contributed by atoms with Gasteiger partial charge >= 0.3 is 6.18 Å². The Labute approximate surface area is 200 Å². The summed E-state index contributed by atoms with van der Waals surface area (Å²) in [5, 5.41) is 32.7. The van der Waals surface area contributed by atoms with Gasteiger partial charge in [0.05, 0.1) is 23.5 Å². The Balaban J connectivity index is 1.93. The number of carbonyl (C=O) groups excluding carboxylic acids is 1. The minimum atomic E-state index is -4.83. The lowest BCUT2D eigenvalue weighted by Gasteiger charge is -2.40. The molecule has 1 fully saturated rings. The molecule has 8 nitrogen and oxygen atoms in total. The summed E-state index contributed by atoms with van der Waals surface area (Å²) in [4.78, 5) is 13.3. The topological polar surface area (TPSA) is 131 Å². The normalized spacial score (nSPS) is 17.4. The zero-order valence-electron chi connectivity index (χ0n) is 18.7. The lowest BCUT2D eigenvalue weighted by molar-refractivity contribution is -0.142. The van der Waals surface area contributed by atoms with E-state index in [4.69, 9.17) is 5.26 Å². The first-order chi connectivity index (χ1) is 16.2. The molecule has 3 rings (SSSR count). The number of aliphatic hydroxyl groups is 1. The largest absolute Gasteiger partial charge is 0.508 e. The highest BCUT2D eigenvalue weighted by molar-refractivity contribution is 7.88. The van der Waals surface area contributed by atoms with Gasteiger partial charge in [-0.05, 0) is 54.7 Å². The molecule has 12 heteroatoms. The van der Waals surface area contributed by atoms with Gasteiger partial charge in [-0.3, -0.25) is 4.79 Å². The number of anilines is 1. The Morgan fingerprint density at radius 1 is 1.20 bits per heavy atom. The maximum atomic E-state index is 13.3. The number of nitrogens with zero attached hydrogens (tertiary/aromatic N) is 2. The average Bonchev–Trinajstić information content (AvgIpc) is 2.78. The molecular weight excluding hydrogens is 487 g/mol. The predicted octanol–water partition coefficient (Wildman–Crippen LogP) is 2.87. The van der Waals surface area contributed by atoms with Crippen LogP contribution < -0.4 is 5.32 Å². The second-order valence-corrected chi connectivity index (χ2v) is 10.5. The number of benzene rings is 2. The van der Waals surface area contributed by atoms with Gasteiger partial charge in [0.1, 0.15) is 11.4 Å². The van der Waals surface area contributed by atoms with E-state index in [2.05, 4.69) is 5.32 Å². The van der Waals surface area contributed by atoms with Crippen molar-refractivity contribution in [3.8, 4) is 11.8 Å². The van der Waals surface area contributed by atoms with E-state index in [-0.39, 0.29) is 43.8 Å². The van der Waals surface area contributed by atoms with Gasteiger partial charge in [-0.25, -0.2) is 12.7 Å². The highest BCUT2D eigenvalue weighted by Gasteiger charge is 2.46. The van der Waals surface area contributed by atoms with E-state index in [0.717, 1.165) is 18.4 Å². The number of sulfonamides is 1. The molecule has 1 amide bonds. The number of carbonyl (C=O) groups is 1. The van der Waals surface area contributed by atoms with Gasteiger partial charge in [0, 0.05) is 25.2 Å². The van der Waals surface area contributed by atoms with E-state index < -0.39 is 44.8 Å². The molecule has 35 heavy (non-hydrogen) atoms. The number of halogens is 3. The van der Waals surface area contributed by atoms with Gasteiger partial charge in [0.25, 0.3) is 5.91 Å². The second-order valence-electron chi connectivity index (χ2n) is 8.53. The Kier molecular flexibility index (Phi) is 7.45. The van der Waals surface area contributed by atoms with Crippen LogP contribution in [0.3, 0.4) is 0 Å². The summed E-state index contributed by atoms with van der Waals surface area (Å²) in [6.07, 6.45) is -3.77. The summed E-state index contributed by atoms with van der Waals surface area (Å²) in [5.41, 5.74) is -3.81. The lowest BCUT2D eigenvalue weighted by atomic mass is 9.76. The van der Waals surface area contributed by atoms with Crippen LogP contribution >= 0.6 is 0 Å². The van der Waals surface area contributed by atoms with Crippen molar-refractivity contribution in [3.63, 3.8) is 0 Å². The molecule has 1 aliphatic heterocycles.